The van der Waals surface area contributed by atoms with Gasteiger partial charge in [0.25, 0.3) is 0 Å². The topological polar surface area (TPSA) is 52.1 Å². The van der Waals surface area contributed by atoms with Crippen LogP contribution in [0.4, 0.5) is 0 Å². The number of likely N-dealkylation sites (N-methyl/N-ethyl adjacent to an activating group) is 1. The first kappa shape index (κ1) is 24.9. The summed E-state index contributed by atoms with van der Waals surface area (Å²) in [7, 11) is 4.43. The van der Waals surface area contributed by atoms with E-state index in [1.807, 2.05) is 0 Å². The molecule has 2 aliphatic rings. The summed E-state index contributed by atoms with van der Waals surface area (Å²) in [6.07, 6.45) is 6.92. The summed E-state index contributed by atoms with van der Waals surface area (Å²) in [5.41, 5.74) is 0. The minimum atomic E-state index is 0. The fourth-order valence-corrected chi connectivity index (χ4v) is 4.19. The summed E-state index contributed by atoms with van der Waals surface area (Å²) < 4.78 is 5.45. The number of nitrogens with one attached hydrogen (secondary N) is 2. The molecule has 160 valence electrons. The number of ether oxygens (including phenoxy) is 1. The van der Waals surface area contributed by atoms with Gasteiger partial charge in [0.1, 0.15) is 0 Å². The monoisotopic (exact) mass is 495 g/mol. The van der Waals surface area contributed by atoms with Crippen LogP contribution in [0.3, 0.4) is 0 Å². The Hall–Kier alpha value is -0.120. The van der Waals surface area contributed by atoms with E-state index in [0.29, 0.717) is 12.1 Å². The Kier molecular flexibility index (Phi) is 12.9. The van der Waals surface area contributed by atoms with E-state index in [2.05, 4.69) is 48.4 Å². The molecule has 0 spiro atoms. The van der Waals surface area contributed by atoms with Crippen molar-refractivity contribution in [3.63, 3.8) is 0 Å². The molecular weight excluding hydrogens is 453 g/mol. The second-order valence-electron chi connectivity index (χ2n) is 8.03. The molecular formula is C20H42IN5O. The maximum atomic E-state index is 5.45. The first-order valence-corrected chi connectivity index (χ1v) is 10.6. The Morgan fingerprint density at radius 2 is 1.81 bits per heavy atom. The Morgan fingerprint density at radius 1 is 1.15 bits per heavy atom. The van der Waals surface area contributed by atoms with Crippen LogP contribution >= 0.6 is 24.0 Å². The molecule has 2 N–H and O–H groups in total. The van der Waals surface area contributed by atoms with Gasteiger partial charge in [-0.1, -0.05) is 19.3 Å². The first-order chi connectivity index (χ1) is 12.6. The third-order valence-corrected chi connectivity index (χ3v) is 5.86. The molecule has 2 atom stereocenters. The zero-order chi connectivity index (χ0) is 18.8. The second kappa shape index (κ2) is 14.0. The number of aliphatic imine (C=N–C) groups is 1. The van der Waals surface area contributed by atoms with Crippen LogP contribution < -0.4 is 10.6 Å². The number of halogens is 1. The van der Waals surface area contributed by atoms with E-state index in [1.54, 1.807) is 0 Å². The number of nitrogens with zero attached hydrogens (tertiary/aromatic N) is 3. The standard InChI is InChI=1S/C20H41N5O.HI/c1-5-21-20(22-15-17(2)25-11-13-26-14-12-25)23-16-19(24(3)4)18-9-7-6-8-10-18;/h17-19H,5-16H2,1-4H3,(H2,21,22,23);1H. The molecule has 0 bridgehead atoms. The van der Waals surface area contributed by atoms with E-state index in [4.69, 9.17) is 9.73 Å². The summed E-state index contributed by atoms with van der Waals surface area (Å²) in [4.78, 5) is 9.72. The number of guanidine groups is 1. The minimum absolute atomic E-state index is 0. The quantitative estimate of drug-likeness (QED) is 0.308. The second-order valence-corrected chi connectivity index (χ2v) is 8.03. The van der Waals surface area contributed by atoms with E-state index in [9.17, 15) is 0 Å². The van der Waals surface area contributed by atoms with Crippen molar-refractivity contribution in [3.8, 4) is 0 Å². The van der Waals surface area contributed by atoms with Gasteiger partial charge in [-0.3, -0.25) is 9.89 Å². The molecule has 0 radical (unpaired) electrons. The molecule has 1 heterocycles. The molecule has 2 fully saturated rings. The summed E-state index contributed by atoms with van der Waals surface area (Å²) >= 11 is 0. The first-order valence-electron chi connectivity index (χ1n) is 10.6. The fourth-order valence-electron chi connectivity index (χ4n) is 4.19. The highest BCUT2D eigenvalue weighted by molar-refractivity contribution is 14.0. The highest BCUT2D eigenvalue weighted by Crippen LogP contribution is 2.28. The number of rotatable bonds is 8. The van der Waals surface area contributed by atoms with Crippen LogP contribution in [-0.4, -0.2) is 87.9 Å². The van der Waals surface area contributed by atoms with Gasteiger partial charge < -0.3 is 20.3 Å². The van der Waals surface area contributed by atoms with Crippen molar-refractivity contribution in [3.05, 3.63) is 0 Å². The van der Waals surface area contributed by atoms with Gasteiger partial charge in [0.2, 0.25) is 0 Å². The molecule has 1 aliphatic heterocycles. The Morgan fingerprint density at radius 3 is 2.41 bits per heavy atom. The van der Waals surface area contributed by atoms with E-state index in [-0.39, 0.29) is 24.0 Å². The summed E-state index contributed by atoms with van der Waals surface area (Å²) in [5, 5.41) is 7.03. The van der Waals surface area contributed by atoms with Gasteiger partial charge in [-0.05, 0) is 46.7 Å². The van der Waals surface area contributed by atoms with Gasteiger partial charge in [0, 0.05) is 38.3 Å². The Bertz CT molecular complexity index is 409. The predicted molar refractivity (Wildman–Crippen MR) is 125 cm³/mol. The molecule has 1 aliphatic carbocycles. The Labute approximate surface area is 183 Å². The highest BCUT2D eigenvalue weighted by Gasteiger charge is 2.25. The van der Waals surface area contributed by atoms with Gasteiger partial charge in [0.05, 0.1) is 19.8 Å². The molecule has 7 heteroatoms. The maximum absolute atomic E-state index is 5.45. The number of hydrogen-bond acceptors (Lipinski definition) is 4. The zero-order valence-electron chi connectivity index (χ0n) is 17.9. The van der Waals surface area contributed by atoms with Crippen LogP contribution in [-0.2, 0) is 4.74 Å². The third-order valence-electron chi connectivity index (χ3n) is 5.86. The van der Waals surface area contributed by atoms with Crippen molar-refractivity contribution in [1.82, 2.24) is 20.4 Å². The van der Waals surface area contributed by atoms with Crippen LogP contribution in [0.25, 0.3) is 0 Å². The molecule has 2 unspecified atom stereocenters. The highest BCUT2D eigenvalue weighted by atomic mass is 127. The molecule has 1 saturated carbocycles. The van der Waals surface area contributed by atoms with Crippen LogP contribution in [0, 0.1) is 5.92 Å². The fraction of sp³-hybridized carbons (Fsp3) is 0.950. The van der Waals surface area contributed by atoms with Gasteiger partial charge >= 0.3 is 0 Å². The average Bonchev–Trinajstić information content (AvgIpc) is 2.67. The maximum Gasteiger partial charge on any atom is 0.191 e. The van der Waals surface area contributed by atoms with Gasteiger partial charge in [-0.15, -0.1) is 24.0 Å². The SMILES string of the molecule is CCNC(=NCC(C)N1CCOCC1)NCC(C1CCCCC1)N(C)C.I. The number of morpholine rings is 1. The van der Waals surface area contributed by atoms with Crippen LogP contribution in [0.2, 0.25) is 0 Å². The van der Waals surface area contributed by atoms with Crippen molar-refractivity contribution in [1.29, 1.82) is 0 Å². The lowest BCUT2D eigenvalue weighted by Gasteiger charge is -2.35. The van der Waals surface area contributed by atoms with Crippen LogP contribution in [0.5, 0.6) is 0 Å². The third kappa shape index (κ3) is 8.83. The smallest absolute Gasteiger partial charge is 0.191 e. The lowest BCUT2D eigenvalue weighted by atomic mass is 9.83. The molecule has 6 nitrogen and oxygen atoms in total. The van der Waals surface area contributed by atoms with Crippen molar-refractivity contribution in [2.75, 3.05) is 60.0 Å². The van der Waals surface area contributed by atoms with Gasteiger partial charge in [0.15, 0.2) is 5.96 Å². The van der Waals surface area contributed by atoms with Crippen molar-refractivity contribution in [2.24, 2.45) is 10.9 Å². The van der Waals surface area contributed by atoms with Gasteiger partial charge in [-0.25, -0.2) is 0 Å². The lowest BCUT2D eigenvalue weighted by molar-refractivity contribution is 0.0220. The van der Waals surface area contributed by atoms with Crippen molar-refractivity contribution >= 4 is 29.9 Å². The Balaban J connectivity index is 0.00000364. The van der Waals surface area contributed by atoms with Gasteiger partial charge in [-0.2, -0.15) is 0 Å². The van der Waals surface area contributed by atoms with E-state index < -0.39 is 0 Å². The molecule has 2 rings (SSSR count). The van der Waals surface area contributed by atoms with E-state index >= 15 is 0 Å². The molecule has 1 saturated heterocycles. The summed E-state index contributed by atoms with van der Waals surface area (Å²) in [6, 6.07) is 1.04. The largest absolute Gasteiger partial charge is 0.379 e. The normalized spacial score (nSPS) is 22.2. The molecule has 0 aromatic heterocycles. The van der Waals surface area contributed by atoms with Crippen LogP contribution in [0.1, 0.15) is 46.0 Å². The molecule has 0 aromatic rings. The summed E-state index contributed by atoms with van der Waals surface area (Å²) in [6.45, 7) is 10.8. The van der Waals surface area contributed by atoms with Crippen molar-refractivity contribution < 1.29 is 4.74 Å². The van der Waals surface area contributed by atoms with E-state index in [0.717, 1.165) is 57.8 Å². The summed E-state index contributed by atoms with van der Waals surface area (Å²) in [5.74, 6) is 1.76. The average molecular weight is 495 g/mol. The van der Waals surface area contributed by atoms with E-state index in [1.165, 1.54) is 32.1 Å². The number of hydrogen-bond donors (Lipinski definition) is 2. The zero-order valence-corrected chi connectivity index (χ0v) is 20.2. The molecule has 0 aromatic carbocycles. The van der Waals surface area contributed by atoms with Crippen molar-refractivity contribution in [2.45, 2.75) is 58.0 Å². The molecule has 27 heavy (non-hydrogen) atoms. The lowest BCUT2D eigenvalue weighted by Crippen LogP contribution is -2.49. The molecule has 0 amide bonds. The minimum Gasteiger partial charge on any atom is -0.379 e. The predicted octanol–water partition coefficient (Wildman–Crippen LogP) is 2.39. The van der Waals surface area contributed by atoms with Crippen LogP contribution in [0.15, 0.2) is 4.99 Å².